The van der Waals surface area contributed by atoms with Crippen molar-refractivity contribution in [3.63, 3.8) is 0 Å². The van der Waals surface area contributed by atoms with Gasteiger partial charge in [0.25, 0.3) is 0 Å². The predicted octanol–water partition coefficient (Wildman–Crippen LogP) is 3.89. The molecule has 1 saturated carbocycles. The molecule has 0 amide bonds. The van der Waals surface area contributed by atoms with E-state index in [-0.39, 0.29) is 11.9 Å². The van der Waals surface area contributed by atoms with Gasteiger partial charge in [0.1, 0.15) is 0 Å². The minimum absolute atomic E-state index is 0.00343. The fourth-order valence-corrected chi connectivity index (χ4v) is 5.83. The van der Waals surface area contributed by atoms with Gasteiger partial charge in [-0.25, -0.2) is 0 Å². The van der Waals surface area contributed by atoms with Crippen LogP contribution in [-0.2, 0) is 22.5 Å². The normalized spacial score (nSPS) is 31.7. The minimum atomic E-state index is 0.00343. The average Bonchev–Trinajstić information content (AvgIpc) is 2.94. The molecule has 1 fully saturated rings. The second-order valence-electron chi connectivity index (χ2n) is 7.54. The van der Waals surface area contributed by atoms with Crippen molar-refractivity contribution in [2.45, 2.75) is 44.6 Å². The first kappa shape index (κ1) is 13.6. The molecule has 2 aromatic rings. The molecule has 0 N–H and O–H groups in total. The molecule has 2 heterocycles. The van der Waals surface area contributed by atoms with E-state index in [1.807, 2.05) is 0 Å². The fraction of sp³-hybridized carbons (Fsp3) is 0.550. The number of carbonyl (C=O) groups is 1. The molecule has 3 heteroatoms. The zero-order valence-electron chi connectivity index (χ0n) is 13.6. The number of ether oxygens (including phenoxy) is 1. The molecule has 0 spiro atoms. The number of rotatable bonds is 1. The summed E-state index contributed by atoms with van der Waals surface area (Å²) in [5, 5.41) is 1.36. The lowest BCUT2D eigenvalue weighted by Crippen LogP contribution is -2.43. The third-order valence-electron chi connectivity index (χ3n) is 6.69. The Morgan fingerprint density at radius 1 is 1.22 bits per heavy atom. The van der Waals surface area contributed by atoms with E-state index in [4.69, 9.17) is 4.74 Å². The maximum absolute atomic E-state index is 12.5. The molecular weight excluding hydrogens is 286 g/mol. The van der Waals surface area contributed by atoms with Gasteiger partial charge in [0, 0.05) is 29.1 Å². The third-order valence-corrected chi connectivity index (χ3v) is 6.69. The van der Waals surface area contributed by atoms with Crippen molar-refractivity contribution < 1.29 is 9.53 Å². The van der Waals surface area contributed by atoms with Crippen LogP contribution in [0.1, 0.15) is 42.9 Å². The molecule has 5 rings (SSSR count). The summed E-state index contributed by atoms with van der Waals surface area (Å²) < 4.78 is 7.75. The monoisotopic (exact) mass is 309 g/mol. The first-order valence-electron chi connectivity index (χ1n) is 8.97. The first-order valence-corrected chi connectivity index (χ1v) is 8.97. The van der Waals surface area contributed by atoms with E-state index in [1.54, 1.807) is 12.8 Å². The highest BCUT2D eigenvalue weighted by molar-refractivity contribution is 5.87. The first-order chi connectivity index (χ1) is 11.3. The molecule has 23 heavy (non-hydrogen) atoms. The zero-order chi connectivity index (χ0) is 15.6. The molecule has 2 aliphatic carbocycles. The lowest BCUT2D eigenvalue weighted by Gasteiger charge is -2.47. The molecular formula is C20H23NO2. The summed E-state index contributed by atoms with van der Waals surface area (Å²) in [7, 11) is 1.54. The highest BCUT2D eigenvalue weighted by Gasteiger charge is 2.49. The fourth-order valence-electron chi connectivity index (χ4n) is 5.83. The summed E-state index contributed by atoms with van der Waals surface area (Å²) in [5.41, 5.74) is 4.36. The highest BCUT2D eigenvalue weighted by Crippen LogP contribution is 2.55. The molecule has 3 aliphatic rings. The van der Waals surface area contributed by atoms with Crippen molar-refractivity contribution in [3.05, 3.63) is 35.5 Å². The molecule has 120 valence electrons. The number of hydrogen-bond acceptors (Lipinski definition) is 2. The number of aryl methyl sites for hydroxylation is 1. The standard InChI is InChI=1S/C20H23NO2/c1-23-20(22)16-11-15-13-6-2-3-8-17(13)21-10-9-12-5-4-7-14(16)18(12)19(15)21/h2-3,6,8,12,14,16,18H,4-5,7,9-11H2,1H3. The molecule has 4 atom stereocenters. The van der Waals surface area contributed by atoms with Crippen LogP contribution < -0.4 is 0 Å². The lowest BCUT2D eigenvalue weighted by atomic mass is 9.59. The van der Waals surface area contributed by atoms with Crippen LogP contribution in [0, 0.1) is 17.8 Å². The van der Waals surface area contributed by atoms with Crippen molar-refractivity contribution in [3.8, 4) is 0 Å². The Balaban J connectivity index is 1.77. The SMILES string of the molecule is COC(=O)C1Cc2c3n(c4ccccc24)CCC2CCCC1C32. The van der Waals surface area contributed by atoms with E-state index < -0.39 is 0 Å². The quantitative estimate of drug-likeness (QED) is 0.748. The second kappa shape index (κ2) is 4.86. The van der Waals surface area contributed by atoms with E-state index in [0.29, 0.717) is 11.8 Å². The van der Waals surface area contributed by atoms with Crippen LogP contribution in [0.2, 0.25) is 0 Å². The van der Waals surface area contributed by atoms with Gasteiger partial charge in [0.15, 0.2) is 0 Å². The number of fused-ring (bicyclic) bond motifs is 3. The van der Waals surface area contributed by atoms with Gasteiger partial charge in [-0.2, -0.15) is 0 Å². The number of esters is 1. The molecule has 4 unspecified atom stereocenters. The van der Waals surface area contributed by atoms with Gasteiger partial charge in [0.2, 0.25) is 0 Å². The number of benzene rings is 1. The van der Waals surface area contributed by atoms with Crippen LogP contribution in [0.25, 0.3) is 10.9 Å². The number of hydrogen-bond donors (Lipinski definition) is 0. The minimum Gasteiger partial charge on any atom is -0.469 e. The molecule has 0 radical (unpaired) electrons. The van der Waals surface area contributed by atoms with E-state index in [1.165, 1.54) is 42.1 Å². The average molecular weight is 309 g/mol. The summed E-state index contributed by atoms with van der Waals surface area (Å²) in [4.78, 5) is 12.5. The van der Waals surface area contributed by atoms with Crippen LogP contribution in [0.3, 0.4) is 0 Å². The van der Waals surface area contributed by atoms with Crippen molar-refractivity contribution in [1.29, 1.82) is 0 Å². The summed E-state index contributed by atoms with van der Waals surface area (Å²) in [5.74, 6) is 1.87. The van der Waals surface area contributed by atoms with Crippen LogP contribution in [0.5, 0.6) is 0 Å². The zero-order valence-corrected chi connectivity index (χ0v) is 13.6. The van der Waals surface area contributed by atoms with E-state index in [2.05, 4.69) is 28.8 Å². The number of para-hydroxylation sites is 1. The van der Waals surface area contributed by atoms with E-state index in [9.17, 15) is 4.79 Å². The molecule has 0 bridgehead atoms. The van der Waals surface area contributed by atoms with E-state index >= 15 is 0 Å². The summed E-state index contributed by atoms with van der Waals surface area (Å²) in [6, 6.07) is 8.75. The van der Waals surface area contributed by atoms with Crippen LogP contribution in [0.15, 0.2) is 24.3 Å². The number of aromatic nitrogens is 1. The van der Waals surface area contributed by atoms with Gasteiger partial charge in [0.05, 0.1) is 13.0 Å². The Kier molecular flexibility index (Phi) is 2.88. The number of carbonyl (C=O) groups excluding carboxylic acids is 1. The maximum atomic E-state index is 12.5. The van der Waals surface area contributed by atoms with Crippen molar-refractivity contribution in [1.82, 2.24) is 4.57 Å². The van der Waals surface area contributed by atoms with Gasteiger partial charge in [-0.15, -0.1) is 0 Å². The number of methoxy groups -OCH3 is 1. The van der Waals surface area contributed by atoms with E-state index in [0.717, 1.165) is 18.9 Å². The Morgan fingerprint density at radius 3 is 2.96 bits per heavy atom. The van der Waals surface area contributed by atoms with Crippen molar-refractivity contribution in [2.75, 3.05) is 7.11 Å². The number of nitrogens with zero attached hydrogens (tertiary/aromatic N) is 1. The van der Waals surface area contributed by atoms with Gasteiger partial charge < -0.3 is 9.30 Å². The summed E-state index contributed by atoms with van der Waals surface area (Å²) in [6.07, 6.45) is 5.91. The molecule has 1 aromatic heterocycles. The van der Waals surface area contributed by atoms with Gasteiger partial charge >= 0.3 is 5.97 Å². The second-order valence-corrected chi connectivity index (χ2v) is 7.54. The van der Waals surface area contributed by atoms with Crippen molar-refractivity contribution >= 4 is 16.9 Å². The Labute approximate surface area is 136 Å². The third kappa shape index (κ3) is 1.74. The molecule has 1 aromatic carbocycles. The molecule has 0 saturated heterocycles. The maximum Gasteiger partial charge on any atom is 0.309 e. The van der Waals surface area contributed by atoms with Crippen LogP contribution >= 0.6 is 0 Å². The van der Waals surface area contributed by atoms with Crippen LogP contribution in [-0.4, -0.2) is 17.6 Å². The largest absolute Gasteiger partial charge is 0.469 e. The molecule has 1 aliphatic heterocycles. The molecule has 3 nitrogen and oxygen atoms in total. The predicted molar refractivity (Wildman–Crippen MR) is 89.3 cm³/mol. The van der Waals surface area contributed by atoms with Gasteiger partial charge in [-0.3, -0.25) is 4.79 Å². The highest BCUT2D eigenvalue weighted by atomic mass is 16.5. The Bertz CT molecular complexity index is 790. The smallest absolute Gasteiger partial charge is 0.309 e. The van der Waals surface area contributed by atoms with Crippen LogP contribution in [0.4, 0.5) is 0 Å². The van der Waals surface area contributed by atoms with Gasteiger partial charge in [-0.05, 0) is 49.1 Å². The Hall–Kier alpha value is -1.77. The van der Waals surface area contributed by atoms with Gasteiger partial charge in [-0.1, -0.05) is 24.6 Å². The Morgan fingerprint density at radius 2 is 2.09 bits per heavy atom. The summed E-state index contributed by atoms with van der Waals surface area (Å²) in [6.45, 7) is 1.15. The lowest BCUT2D eigenvalue weighted by molar-refractivity contribution is -0.149. The van der Waals surface area contributed by atoms with Crippen molar-refractivity contribution in [2.24, 2.45) is 17.8 Å². The summed E-state index contributed by atoms with van der Waals surface area (Å²) >= 11 is 0. The topological polar surface area (TPSA) is 31.2 Å².